The normalized spacial score (nSPS) is 12.7. The van der Waals surface area contributed by atoms with Crippen molar-refractivity contribution in [3.8, 4) is 0 Å². The van der Waals surface area contributed by atoms with E-state index in [0.29, 0.717) is 5.04 Å². The second-order valence-corrected chi connectivity index (χ2v) is 11.6. The van der Waals surface area contributed by atoms with Crippen LogP contribution in [0.1, 0.15) is 65.7 Å². The molecule has 0 aromatic carbocycles. The van der Waals surface area contributed by atoms with Gasteiger partial charge in [0.15, 0.2) is 8.32 Å². The fourth-order valence-electron chi connectivity index (χ4n) is 1.64. The molecule has 18 heavy (non-hydrogen) atoms. The van der Waals surface area contributed by atoms with Crippen molar-refractivity contribution in [2.45, 2.75) is 83.8 Å². The molecule has 0 aliphatic heterocycles. The number of unbranched alkanes of at least 4 members (excludes halogenated alkanes) is 6. The molecule has 0 aliphatic rings. The molecule has 0 aromatic heterocycles. The Labute approximate surface area is 116 Å². The Hall–Kier alpha value is -0.0831. The zero-order valence-electron chi connectivity index (χ0n) is 13.3. The van der Waals surface area contributed by atoms with E-state index in [0.717, 1.165) is 6.61 Å². The van der Waals surface area contributed by atoms with Crippen LogP contribution in [0.25, 0.3) is 0 Å². The lowest BCUT2D eigenvalue weighted by molar-refractivity contribution is 0.277. The molecule has 0 amide bonds. The Morgan fingerprint density at radius 1 is 0.944 bits per heavy atom. The first-order chi connectivity index (χ1) is 8.31. The highest BCUT2D eigenvalue weighted by Crippen LogP contribution is 2.36. The highest BCUT2D eigenvalue weighted by Gasteiger charge is 2.36. The van der Waals surface area contributed by atoms with Crippen molar-refractivity contribution >= 4 is 8.32 Å². The largest absolute Gasteiger partial charge is 0.417 e. The molecule has 0 saturated carbocycles. The van der Waals surface area contributed by atoms with Gasteiger partial charge in [-0.3, -0.25) is 0 Å². The summed E-state index contributed by atoms with van der Waals surface area (Å²) in [6.45, 7) is 16.3. The van der Waals surface area contributed by atoms with E-state index in [1.54, 1.807) is 0 Å². The maximum absolute atomic E-state index is 6.16. The minimum absolute atomic E-state index is 0.345. The first-order valence-electron chi connectivity index (χ1n) is 7.56. The quantitative estimate of drug-likeness (QED) is 0.272. The van der Waals surface area contributed by atoms with Crippen LogP contribution in [0.5, 0.6) is 0 Å². The molecule has 0 saturated heterocycles. The number of rotatable bonds is 10. The standard InChI is InChI=1S/C16H34OSi/c1-7-8-9-10-11-12-13-14-15-17-18(5,6)16(2,3)4/h7H,1,8-15H2,2-6H3. The van der Waals surface area contributed by atoms with Crippen molar-refractivity contribution in [1.82, 2.24) is 0 Å². The minimum Gasteiger partial charge on any atom is -0.417 e. The molecule has 0 fully saturated rings. The Balaban J connectivity index is 3.43. The lowest BCUT2D eigenvalue weighted by Gasteiger charge is -2.36. The average Bonchev–Trinajstić information content (AvgIpc) is 2.25. The third-order valence-corrected chi connectivity index (χ3v) is 8.61. The topological polar surface area (TPSA) is 9.23 Å². The van der Waals surface area contributed by atoms with Gasteiger partial charge in [-0.2, -0.15) is 0 Å². The second-order valence-electron chi connectivity index (χ2n) is 6.81. The third-order valence-electron chi connectivity index (χ3n) is 4.07. The van der Waals surface area contributed by atoms with E-state index >= 15 is 0 Å². The molecule has 0 heterocycles. The van der Waals surface area contributed by atoms with E-state index in [9.17, 15) is 0 Å². The molecule has 2 heteroatoms. The van der Waals surface area contributed by atoms with E-state index in [-0.39, 0.29) is 0 Å². The van der Waals surface area contributed by atoms with Crippen molar-refractivity contribution in [3.05, 3.63) is 12.7 Å². The molecule has 0 rings (SSSR count). The molecule has 0 radical (unpaired) electrons. The molecule has 0 spiro atoms. The van der Waals surface area contributed by atoms with Gasteiger partial charge >= 0.3 is 0 Å². The molecular weight excluding hydrogens is 236 g/mol. The number of hydrogen-bond acceptors (Lipinski definition) is 1. The molecule has 108 valence electrons. The first kappa shape index (κ1) is 17.9. The maximum Gasteiger partial charge on any atom is 0.191 e. The van der Waals surface area contributed by atoms with Gasteiger partial charge in [0.2, 0.25) is 0 Å². The smallest absolute Gasteiger partial charge is 0.191 e. The predicted molar refractivity (Wildman–Crippen MR) is 85.7 cm³/mol. The Morgan fingerprint density at radius 2 is 1.44 bits per heavy atom. The van der Waals surface area contributed by atoms with Crippen LogP contribution in [0.4, 0.5) is 0 Å². The van der Waals surface area contributed by atoms with Crippen LogP contribution >= 0.6 is 0 Å². The van der Waals surface area contributed by atoms with Crippen molar-refractivity contribution in [2.75, 3.05) is 6.61 Å². The van der Waals surface area contributed by atoms with Crippen molar-refractivity contribution in [2.24, 2.45) is 0 Å². The van der Waals surface area contributed by atoms with Gasteiger partial charge in [0.1, 0.15) is 0 Å². The fraction of sp³-hybridized carbons (Fsp3) is 0.875. The Bertz CT molecular complexity index is 216. The van der Waals surface area contributed by atoms with E-state index in [2.05, 4.69) is 40.4 Å². The van der Waals surface area contributed by atoms with E-state index in [1.807, 2.05) is 6.08 Å². The average molecular weight is 271 g/mol. The van der Waals surface area contributed by atoms with Crippen LogP contribution in [0.2, 0.25) is 18.1 Å². The van der Waals surface area contributed by atoms with Crippen molar-refractivity contribution in [1.29, 1.82) is 0 Å². The summed E-state index contributed by atoms with van der Waals surface area (Å²) in [5.41, 5.74) is 0. The van der Waals surface area contributed by atoms with Crippen molar-refractivity contribution < 1.29 is 4.43 Å². The summed E-state index contributed by atoms with van der Waals surface area (Å²) in [5, 5.41) is 0.345. The minimum atomic E-state index is -1.50. The van der Waals surface area contributed by atoms with E-state index in [1.165, 1.54) is 44.9 Å². The summed E-state index contributed by atoms with van der Waals surface area (Å²) in [7, 11) is -1.50. The van der Waals surface area contributed by atoms with E-state index < -0.39 is 8.32 Å². The summed E-state index contributed by atoms with van der Waals surface area (Å²) in [6.07, 6.45) is 11.1. The molecule has 0 atom stereocenters. The van der Waals surface area contributed by atoms with Gasteiger partial charge in [-0.1, -0.05) is 52.5 Å². The van der Waals surface area contributed by atoms with Gasteiger partial charge in [0, 0.05) is 6.61 Å². The molecule has 0 N–H and O–H groups in total. The van der Waals surface area contributed by atoms with Gasteiger partial charge in [0.25, 0.3) is 0 Å². The Kier molecular flexibility index (Phi) is 8.88. The fourth-order valence-corrected chi connectivity index (χ4v) is 2.73. The summed E-state index contributed by atoms with van der Waals surface area (Å²) < 4.78 is 6.16. The second kappa shape index (κ2) is 8.92. The van der Waals surface area contributed by atoms with Crippen LogP contribution in [0.3, 0.4) is 0 Å². The van der Waals surface area contributed by atoms with Crippen LogP contribution < -0.4 is 0 Å². The van der Waals surface area contributed by atoms with Gasteiger partial charge in [0.05, 0.1) is 0 Å². The van der Waals surface area contributed by atoms with Crippen LogP contribution in [-0.4, -0.2) is 14.9 Å². The zero-order chi connectivity index (χ0) is 14.1. The van der Waals surface area contributed by atoms with Gasteiger partial charge < -0.3 is 4.43 Å². The first-order valence-corrected chi connectivity index (χ1v) is 10.5. The van der Waals surface area contributed by atoms with E-state index in [4.69, 9.17) is 4.43 Å². The molecular formula is C16H34OSi. The van der Waals surface area contributed by atoms with Crippen LogP contribution in [0, 0.1) is 0 Å². The highest BCUT2D eigenvalue weighted by atomic mass is 28.4. The molecule has 1 nitrogen and oxygen atoms in total. The molecule has 0 aliphatic carbocycles. The lowest BCUT2D eigenvalue weighted by Crippen LogP contribution is -2.40. The lowest BCUT2D eigenvalue weighted by atomic mass is 10.1. The number of allylic oxidation sites excluding steroid dienone is 1. The summed E-state index contributed by atoms with van der Waals surface area (Å²) >= 11 is 0. The van der Waals surface area contributed by atoms with Gasteiger partial charge in [-0.05, 0) is 37.4 Å². The van der Waals surface area contributed by atoms with Gasteiger partial charge in [-0.15, -0.1) is 6.58 Å². The third kappa shape index (κ3) is 8.10. The SMILES string of the molecule is C=CCCCCCCCCO[Si](C)(C)C(C)(C)C. The highest BCUT2D eigenvalue weighted by molar-refractivity contribution is 6.74. The summed E-state index contributed by atoms with van der Waals surface area (Å²) in [6, 6.07) is 0. The summed E-state index contributed by atoms with van der Waals surface area (Å²) in [5.74, 6) is 0. The molecule has 0 unspecified atom stereocenters. The molecule has 0 aromatic rings. The Morgan fingerprint density at radius 3 is 1.94 bits per heavy atom. The van der Waals surface area contributed by atoms with Crippen LogP contribution in [0.15, 0.2) is 12.7 Å². The van der Waals surface area contributed by atoms with Gasteiger partial charge in [-0.25, -0.2) is 0 Å². The molecule has 0 bridgehead atoms. The van der Waals surface area contributed by atoms with Crippen molar-refractivity contribution in [3.63, 3.8) is 0 Å². The summed E-state index contributed by atoms with van der Waals surface area (Å²) in [4.78, 5) is 0. The monoisotopic (exact) mass is 270 g/mol. The maximum atomic E-state index is 6.16. The zero-order valence-corrected chi connectivity index (χ0v) is 14.3. The number of hydrogen-bond donors (Lipinski definition) is 0. The van der Waals surface area contributed by atoms with Crippen LogP contribution in [-0.2, 0) is 4.43 Å². The predicted octanol–water partition coefficient (Wildman–Crippen LogP) is 5.92.